The van der Waals surface area contributed by atoms with Crippen molar-refractivity contribution in [3.8, 4) is 5.69 Å². The molecular formula is C15H23N5. The molecule has 2 aromatic rings. The van der Waals surface area contributed by atoms with Crippen molar-refractivity contribution in [3.63, 3.8) is 0 Å². The number of tetrazole rings is 1. The number of rotatable bonds is 6. The summed E-state index contributed by atoms with van der Waals surface area (Å²) in [6.07, 6.45) is 0.968. The number of aryl methyl sites for hydroxylation is 2. The Labute approximate surface area is 120 Å². The SMILES string of the molecule is CCc1cccc(C)c1-n1nnnc1CNCC(C)C. The van der Waals surface area contributed by atoms with Crippen LogP contribution in [0.2, 0.25) is 0 Å². The van der Waals surface area contributed by atoms with Crippen molar-refractivity contribution < 1.29 is 0 Å². The summed E-state index contributed by atoms with van der Waals surface area (Å²) in [7, 11) is 0. The van der Waals surface area contributed by atoms with Crippen molar-refractivity contribution in [2.45, 2.75) is 40.7 Å². The average molecular weight is 273 g/mol. The molecule has 108 valence electrons. The summed E-state index contributed by atoms with van der Waals surface area (Å²) in [6, 6.07) is 6.32. The zero-order valence-corrected chi connectivity index (χ0v) is 12.7. The molecule has 20 heavy (non-hydrogen) atoms. The molecule has 0 spiro atoms. The van der Waals surface area contributed by atoms with Gasteiger partial charge in [0, 0.05) is 0 Å². The molecule has 0 saturated carbocycles. The number of nitrogens with one attached hydrogen (secondary N) is 1. The van der Waals surface area contributed by atoms with Crippen LogP contribution < -0.4 is 5.32 Å². The van der Waals surface area contributed by atoms with Crippen LogP contribution in [-0.4, -0.2) is 26.8 Å². The van der Waals surface area contributed by atoms with Gasteiger partial charge < -0.3 is 5.32 Å². The minimum Gasteiger partial charge on any atom is -0.310 e. The number of hydrogen-bond acceptors (Lipinski definition) is 4. The Morgan fingerprint density at radius 1 is 1.30 bits per heavy atom. The van der Waals surface area contributed by atoms with Crippen molar-refractivity contribution >= 4 is 0 Å². The highest BCUT2D eigenvalue weighted by molar-refractivity contribution is 5.47. The van der Waals surface area contributed by atoms with Crippen LogP contribution in [0.1, 0.15) is 37.7 Å². The lowest BCUT2D eigenvalue weighted by Crippen LogP contribution is -2.22. The predicted octanol–water partition coefficient (Wildman–Crippen LogP) is 2.28. The quantitative estimate of drug-likeness (QED) is 0.877. The zero-order valence-electron chi connectivity index (χ0n) is 12.7. The molecule has 1 heterocycles. The van der Waals surface area contributed by atoms with E-state index in [1.165, 1.54) is 11.1 Å². The van der Waals surface area contributed by atoms with Crippen molar-refractivity contribution in [3.05, 3.63) is 35.2 Å². The summed E-state index contributed by atoms with van der Waals surface area (Å²) in [4.78, 5) is 0. The molecule has 0 fully saturated rings. The van der Waals surface area contributed by atoms with Crippen LogP contribution in [-0.2, 0) is 13.0 Å². The van der Waals surface area contributed by atoms with E-state index in [0.29, 0.717) is 12.5 Å². The first-order valence-electron chi connectivity index (χ1n) is 7.20. The number of hydrogen-bond donors (Lipinski definition) is 1. The van der Waals surface area contributed by atoms with E-state index in [-0.39, 0.29) is 0 Å². The lowest BCUT2D eigenvalue weighted by atomic mass is 10.1. The van der Waals surface area contributed by atoms with Gasteiger partial charge in [0.05, 0.1) is 12.2 Å². The van der Waals surface area contributed by atoms with E-state index in [4.69, 9.17) is 0 Å². The van der Waals surface area contributed by atoms with Gasteiger partial charge in [-0.15, -0.1) is 5.10 Å². The number of benzene rings is 1. The molecule has 0 aliphatic rings. The molecule has 1 aromatic carbocycles. The van der Waals surface area contributed by atoms with Crippen LogP contribution in [0.25, 0.3) is 5.69 Å². The Balaban J connectivity index is 2.28. The third kappa shape index (κ3) is 3.22. The van der Waals surface area contributed by atoms with Crippen LogP contribution in [0, 0.1) is 12.8 Å². The highest BCUT2D eigenvalue weighted by atomic mass is 15.5. The Morgan fingerprint density at radius 2 is 2.10 bits per heavy atom. The van der Waals surface area contributed by atoms with E-state index in [1.54, 1.807) is 0 Å². The van der Waals surface area contributed by atoms with Gasteiger partial charge in [-0.1, -0.05) is 39.0 Å². The van der Waals surface area contributed by atoms with Crippen LogP contribution in [0.4, 0.5) is 0 Å². The molecule has 2 rings (SSSR count). The second kappa shape index (κ2) is 6.61. The fraction of sp³-hybridized carbons (Fsp3) is 0.533. The van der Waals surface area contributed by atoms with E-state index >= 15 is 0 Å². The van der Waals surface area contributed by atoms with E-state index < -0.39 is 0 Å². The van der Waals surface area contributed by atoms with E-state index in [9.17, 15) is 0 Å². The smallest absolute Gasteiger partial charge is 0.170 e. The summed E-state index contributed by atoms with van der Waals surface area (Å²) in [5.74, 6) is 1.47. The molecular weight excluding hydrogens is 250 g/mol. The van der Waals surface area contributed by atoms with Gasteiger partial charge in [0.1, 0.15) is 0 Å². The van der Waals surface area contributed by atoms with Crippen molar-refractivity contribution in [1.29, 1.82) is 0 Å². The Kier molecular flexibility index (Phi) is 4.84. The maximum absolute atomic E-state index is 4.17. The van der Waals surface area contributed by atoms with Gasteiger partial charge in [-0.3, -0.25) is 0 Å². The largest absolute Gasteiger partial charge is 0.310 e. The Hall–Kier alpha value is -1.75. The third-order valence-corrected chi connectivity index (χ3v) is 3.28. The number of aromatic nitrogens is 4. The first-order valence-corrected chi connectivity index (χ1v) is 7.20. The monoisotopic (exact) mass is 273 g/mol. The van der Waals surface area contributed by atoms with Gasteiger partial charge in [0.15, 0.2) is 5.82 Å². The van der Waals surface area contributed by atoms with Gasteiger partial charge in [-0.05, 0) is 47.4 Å². The minimum atomic E-state index is 0.615. The third-order valence-electron chi connectivity index (χ3n) is 3.28. The molecule has 0 aliphatic heterocycles. The summed E-state index contributed by atoms with van der Waals surface area (Å²) >= 11 is 0. The fourth-order valence-corrected chi connectivity index (χ4v) is 2.27. The Morgan fingerprint density at radius 3 is 2.80 bits per heavy atom. The molecule has 0 aliphatic carbocycles. The zero-order chi connectivity index (χ0) is 14.5. The molecule has 0 amide bonds. The molecule has 0 saturated heterocycles. The van der Waals surface area contributed by atoms with Crippen LogP contribution in [0.15, 0.2) is 18.2 Å². The van der Waals surface area contributed by atoms with E-state index in [2.05, 4.69) is 66.7 Å². The summed E-state index contributed by atoms with van der Waals surface area (Å²) in [6.45, 7) is 10.3. The molecule has 0 unspecified atom stereocenters. The molecule has 1 N–H and O–H groups in total. The van der Waals surface area contributed by atoms with E-state index in [0.717, 1.165) is 24.5 Å². The predicted molar refractivity (Wildman–Crippen MR) is 79.8 cm³/mol. The lowest BCUT2D eigenvalue weighted by molar-refractivity contribution is 0.537. The second-order valence-corrected chi connectivity index (χ2v) is 5.47. The maximum atomic E-state index is 4.17. The number of nitrogens with zero attached hydrogens (tertiary/aromatic N) is 4. The van der Waals surface area contributed by atoms with Crippen LogP contribution >= 0.6 is 0 Å². The first kappa shape index (κ1) is 14.7. The van der Waals surface area contributed by atoms with E-state index in [1.807, 2.05) is 4.68 Å². The summed E-state index contributed by atoms with van der Waals surface area (Å²) in [5.41, 5.74) is 3.57. The number of para-hydroxylation sites is 1. The standard InChI is InChI=1S/C15H23N5/c1-5-13-8-6-7-12(4)15(13)20-14(17-18-19-20)10-16-9-11(2)3/h6-8,11,16H,5,9-10H2,1-4H3. The van der Waals surface area contributed by atoms with Gasteiger partial charge >= 0.3 is 0 Å². The van der Waals surface area contributed by atoms with Crippen molar-refractivity contribution in [1.82, 2.24) is 25.5 Å². The Bertz CT molecular complexity index is 559. The van der Waals surface area contributed by atoms with Gasteiger partial charge in [0.2, 0.25) is 0 Å². The van der Waals surface area contributed by atoms with Crippen LogP contribution in [0.3, 0.4) is 0 Å². The fourth-order valence-electron chi connectivity index (χ4n) is 2.27. The van der Waals surface area contributed by atoms with Crippen molar-refractivity contribution in [2.24, 2.45) is 5.92 Å². The molecule has 5 heteroatoms. The minimum absolute atomic E-state index is 0.615. The van der Waals surface area contributed by atoms with Gasteiger partial charge in [-0.25, -0.2) is 0 Å². The molecule has 0 atom stereocenters. The highest BCUT2D eigenvalue weighted by Crippen LogP contribution is 2.19. The summed E-state index contributed by atoms with van der Waals surface area (Å²) < 4.78 is 1.86. The molecule has 1 aromatic heterocycles. The lowest BCUT2D eigenvalue weighted by Gasteiger charge is -2.13. The molecule has 0 radical (unpaired) electrons. The normalized spacial score (nSPS) is 11.2. The molecule has 5 nitrogen and oxygen atoms in total. The maximum Gasteiger partial charge on any atom is 0.170 e. The van der Waals surface area contributed by atoms with Gasteiger partial charge in [-0.2, -0.15) is 4.68 Å². The summed E-state index contributed by atoms with van der Waals surface area (Å²) in [5, 5.41) is 15.5. The van der Waals surface area contributed by atoms with Crippen molar-refractivity contribution in [2.75, 3.05) is 6.54 Å². The second-order valence-electron chi connectivity index (χ2n) is 5.47. The van der Waals surface area contributed by atoms with Crippen LogP contribution in [0.5, 0.6) is 0 Å². The molecule has 0 bridgehead atoms. The highest BCUT2D eigenvalue weighted by Gasteiger charge is 2.13. The average Bonchev–Trinajstić information content (AvgIpc) is 2.86. The topological polar surface area (TPSA) is 55.6 Å². The first-order chi connectivity index (χ1) is 9.63. The van der Waals surface area contributed by atoms with Gasteiger partial charge in [0.25, 0.3) is 0 Å².